The lowest BCUT2D eigenvalue weighted by Crippen LogP contribution is -2.60. The van der Waals surface area contributed by atoms with Gasteiger partial charge in [0, 0.05) is 68.0 Å². The van der Waals surface area contributed by atoms with Gasteiger partial charge in [-0.3, -0.25) is 14.6 Å². The van der Waals surface area contributed by atoms with Crippen LogP contribution >= 0.6 is 112 Å². The second kappa shape index (κ2) is 12.4. The monoisotopic (exact) mass is 668 g/mol. The molecule has 1 heterocycles. The van der Waals surface area contributed by atoms with Gasteiger partial charge in [-0.25, -0.2) is 0 Å². The summed E-state index contributed by atoms with van der Waals surface area (Å²) in [6.45, 7) is 6.07. The van der Waals surface area contributed by atoms with Crippen LogP contribution in [0.4, 0.5) is 0 Å². The highest BCUT2D eigenvalue weighted by atomic mass is 35.5. The van der Waals surface area contributed by atoms with Crippen LogP contribution in [0.25, 0.3) is 0 Å². The van der Waals surface area contributed by atoms with Crippen LogP contribution in [-0.2, 0) is 9.53 Å². The molecule has 0 spiro atoms. The quantitative estimate of drug-likeness (QED) is 0.102. The van der Waals surface area contributed by atoms with Crippen molar-refractivity contribution in [1.29, 1.82) is 0 Å². The predicted molar refractivity (Wildman–Crippen MR) is 176 cm³/mol. The maximum atomic E-state index is 11.5. The Labute approximate surface area is 266 Å². The second-order valence-electron chi connectivity index (χ2n) is 9.35. The summed E-state index contributed by atoms with van der Waals surface area (Å²) in [6.07, 6.45) is 0.832. The number of piperazine rings is 1. The zero-order valence-electron chi connectivity index (χ0n) is 20.1. The summed E-state index contributed by atoms with van der Waals surface area (Å²) in [5.74, 6) is -0.252. The van der Waals surface area contributed by atoms with E-state index in [-0.39, 0.29) is 33.4 Å². The topological polar surface area (TPSA) is 32.8 Å². The lowest BCUT2D eigenvalue weighted by molar-refractivity contribution is -0.149. The first-order chi connectivity index (χ1) is 17.3. The van der Waals surface area contributed by atoms with Gasteiger partial charge in [0.25, 0.3) is 0 Å². The lowest BCUT2D eigenvalue weighted by Gasteiger charge is -2.50. The Morgan fingerprint density at radius 1 is 1.08 bits per heavy atom. The molecular weight excluding hydrogens is 640 g/mol. The zero-order chi connectivity index (χ0) is 27.2. The van der Waals surface area contributed by atoms with Gasteiger partial charge >= 0.3 is 5.97 Å². The maximum absolute atomic E-state index is 11.5. The SMILES string of the molecule is CC(=O)OCN1CCN([C@@H]2C[C@@H](c3c(S)c(S)c(S)c(S)c3S)c3ccc(Cl)cc32)CC1(C)SC(S)S. The van der Waals surface area contributed by atoms with E-state index in [4.69, 9.17) is 41.6 Å². The molecule has 2 aromatic carbocycles. The van der Waals surface area contributed by atoms with Gasteiger partial charge in [0.1, 0.15) is 6.73 Å². The van der Waals surface area contributed by atoms with E-state index >= 15 is 0 Å². The van der Waals surface area contributed by atoms with Crippen molar-refractivity contribution in [2.75, 3.05) is 26.4 Å². The predicted octanol–water partition coefficient (Wildman–Crippen LogP) is 7.09. The molecule has 2 aliphatic rings. The molecule has 0 saturated carbocycles. The Morgan fingerprint density at radius 3 is 2.30 bits per heavy atom. The standard InChI is InChI=1S/C24H29ClN2O2S8/c1-11(28)29-10-27-6-5-26(9-24(27,2)37-23(35)36)16-8-15(13-4-3-12(25)7-14(13)16)17-18(30)20(32)22(34)21(33)19(17)31/h3-4,7,15-16,23,30-36H,5-6,8-10H2,1-2H3/t15-,16-,24?/m1/s1. The summed E-state index contributed by atoms with van der Waals surface area (Å²) in [5.41, 5.74) is 3.40. The van der Waals surface area contributed by atoms with Crippen LogP contribution in [-0.4, -0.2) is 50.9 Å². The fourth-order valence-electron chi connectivity index (χ4n) is 5.30. The molecule has 0 aromatic heterocycles. The molecule has 202 valence electrons. The Balaban J connectivity index is 1.72. The van der Waals surface area contributed by atoms with E-state index in [1.54, 1.807) is 11.8 Å². The van der Waals surface area contributed by atoms with Gasteiger partial charge in [-0.2, -0.15) is 25.3 Å². The molecule has 13 heteroatoms. The third kappa shape index (κ3) is 6.39. The third-order valence-electron chi connectivity index (χ3n) is 7.04. The third-order valence-corrected chi connectivity index (χ3v) is 12.0. The first-order valence-corrected chi connectivity index (χ1v) is 16.0. The van der Waals surface area contributed by atoms with E-state index in [9.17, 15) is 4.79 Å². The Hall–Kier alpha value is 0.920. The number of carbonyl (C=O) groups excluding carboxylic acids is 1. The number of esters is 1. The van der Waals surface area contributed by atoms with Gasteiger partial charge in [0.05, 0.1) is 8.78 Å². The fraction of sp³-hybridized carbons (Fsp3) is 0.458. The van der Waals surface area contributed by atoms with Crippen LogP contribution in [0.2, 0.25) is 5.02 Å². The first kappa shape index (κ1) is 30.9. The molecule has 1 fully saturated rings. The van der Waals surface area contributed by atoms with Gasteiger partial charge < -0.3 is 4.74 Å². The molecule has 0 radical (unpaired) electrons. The number of rotatable bonds is 6. The average Bonchev–Trinajstić information content (AvgIpc) is 3.18. The summed E-state index contributed by atoms with van der Waals surface area (Å²) >= 11 is 40.8. The smallest absolute Gasteiger partial charge is 0.303 e. The van der Waals surface area contributed by atoms with Crippen molar-refractivity contribution in [3.63, 3.8) is 0 Å². The van der Waals surface area contributed by atoms with Gasteiger partial charge in [-0.05, 0) is 42.2 Å². The number of nitrogens with zero attached hydrogens (tertiary/aromatic N) is 2. The number of benzene rings is 2. The van der Waals surface area contributed by atoms with Crippen LogP contribution in [0.5, 0.6) is 0 Å². The minimum Gasteiger partial charge on any atom is -0.450 e. The molecule has 1 aliphatic carbocycles. The summed E-state index contributed by atoms with van der Waals surface area (Å²) in [7, 11) is 0. The van der Waals surface area contributed by atoms with E-state index in [1.165, 1.54) is 18.1 Å². The van der Waals surface area contributed by atoms with Crippen LogP contribution in [0.1, 0.15) is 48.9 Å². The molecule has 2 aromatic rings. The van der Waals surface area contributed by atoms with Crippen LogP contribution in [0.15, 0.2) is 42.7 Å². The molecule has 4 rings (SSSR count). The van der Waals surface area contributed by atoms with Gasteiger partial charge in [-0.1, -0.05) is 17.7 Å². The van der Waals surface area contributed by atoms with Crippen LogP contribution < -0.4 is 0 Å². The van der Waals surface area contributed by atoms with Gasteiger partial charge in [0.2, 0.25) is 0 Å². The molecule has 37 heavy (non-hydrogen) atoms. The molecule has 0 N–H and O–H groups in total. The van der Waals surface area contributed by atoms with Crippen molar-refractivity contribution in [1.82, 2.24) is 9.80 Å². The molecule has 4 nitrogen and oxygen atoms in total. The number of carbonyl (C=O) groups is 1. The minimum atomic E-state index is -0.369. The van der Waals surface area contributed by atoms with Crippen LogP contribution in [0, 0.1) is 0 Å². The van der Waals surface area contributed by atoms with Crippen molar-refractivity contribution in [3.8, 4) is 0 Å². The molecule has 0 amide bonds. The maximum Gasteiger partial charge on any atom is 0.303 e. The van der Waals surface area contributed by atoms with Crippen molar-refractivity contribution in [3.05, 3.63) is 39.9 Å². The van der Waals surface area contributed by atoms with E-state index in [1.807, 2.05) is 6.07 Å². The van der Waals surface area contributed by atoms with Gasteiger partial charge in [-0.15, -0.1) is 74.9 Å². The van der Waals surface area contributed by atoms with E-state index in [0.717, 1.165) is 41.4 Å². The highest BCUT2D eigenvalue weighted by Crippen LogP contribution is 2.54. The number of hydrogen-bond donors (Lipinski definition) is 7. The zero-order valence-corrected chi connectivity index (χ0v) is 28.0. The molecule has 3 atom stereocenters. The summed E-state index contributed by atoms with van der Waals surface area (Å²) < 4.78 is 5.18. The summed E-state index contributed by atoms with van der Waals surface area (Å²) in [6, 6.07) is 6.24. The minimum absolute atomic E-state index is 0.0449. The number of ether oxygens (including phenoxy) is 1. The van der Waals surface area contributed by atoms with E-state index < -0.39 is 0 Å². The number of hydrogen-bond acceptors (Lipinski definition) is 12. The number of thiol groups is 7. The highest BCUT2D eigenvalue weighted by molar-refractivity contribution is 8.23. The van der Waals surface area contributed by atoms with Crippen molar-refractivity contribution < 1.29 is 9.53 Å². The van der Waals surface area contributed by atoms with Crippen molar-refractivity contribution in [2.24, 2.45) is 0 Å². The Morgan fingerprint density at radius 2 is 1.70 bits per heavy atom. The van der Waals surface area contributed by atoms with E-state index in [2.05, 4.69) is 92.0 Å². The van der Waals surface area contributed by atoms with E-state index in [0.29, 0.717) is 19.7 Å². The molecule has 1 aliphatic heterocycles. The number of thioether (sulfide) groups is 1. The van der Waals surface area contributed by atoms with Crippen LogP contribution in [0.3, 0.4) is 0 Å². The fourth-order valence-corrected chi connectivity index (χ4v) is 9.63. The van der Waals surface area contributed by atoms with Crippen molar-refractivity contribution >= 4 is 118 Å². The second-order valence-corrected chi connectivity index (χ2v) is 15.8. The molecular formula is C24H29ClN2O2S8. The lowest BCUT2D eigenvalue weighted by atomic mass is 9.92. The summed E-state index contributed by atoms with van der Waals surface area (Å²) in [4.78, 5) is 19.4. The summed E-state index contributed by atoms with van der Waals surface area (Å²) in [5, 5.41) is 0.702. The highest BCUT2D eigenvalue weighted by Gasteiger charge is 2.45. The average molecular weight is 669 g/mol. The largest absolute Gasteiger partial charge is 0.450 e. The Bertz CT molecular complexity index is 1190. The Kier molecular flexibility index (Phi) is 10.4. The number of halogens is 1. The molecule has 1 saturated heterocycles. The molecule has 0 bridgehead atoms. The number of fused-ring (bicyclic) bond motifs is 1. The van der Waals surface area contributed by atoms with Crippen molar-refractivity contribution in [2.45, 2.75) is 65.5 Å². The normalized spacial score (nSPS) is 24.5. The molecule has 1 unspecified atom stereocenters. The first-order valence-electron chi connectivity index (χ1n) is 11.5. The van der Waals surface area contributed by atoms with Gasteiger partial charge in [0.15, 0.2) is 0 Å².